The lowest BCUT2D eigenvalue weighted by Gasteiger charge is -2.25. The van der Waals surface area contributed by atoms with Crippen molar-refractivity contribution in [3.8, 4) is 0 Å². The van der Waals surface area contributed by atoms with Gasteiger partial charge in [-0.3, -0.25) is 9.36 Å². The number of hydrogen-bond donors (Lipinski definition) is 1. The molecule has 0 radical (unpaired) electrons. The van der Waals surface area contributed by atoms with Crippen LogP contribution in [0, 0.1) is 5.92 Å². The summed E-state index contributed by atoms with van der Waals surface area (Å²) in [6, 6.07) is 0. The molecule has 0 amide bonds. The van der Waals surface area contributed by atoms with Crippen LogP contribution in [0.1, 0.15) is 25.7 Å². The van der Waals surface area contributed by atoms with Crippen LogP contribution in [0.25, 0.3) is 0 Å². The molecule has 1 saturated carbocycles. The summed E-state index contributed by atoms with van der Waals surface area (Å²) in [6.45, 7) is 0.741. The van der Waals surface area contributed by atoms with Gasteiger partial charge < -0.3 is 5.32 Å². The summed E-state index contributed by atoms with van der Waals surface area (Å²) < 4.78 is 2.24. The molecule has 0 aromatic carbocycles. The van der Waals surface area contributed by atoms with Gasteiger partial charge in [0.25, 0.3) is 5.56 Å². The van der Waals surface area contributed by atoms with Crippen LogP contribution in [0.2, 0.25) is 0 Å². The maximum atomic E-state index is 11.7. The first kappa shape index (κ1) is 11.9. The number of nitrogens with zero attached hydrogens (tertiary/aromatic N) is 3. The fourth-order valence-corrected chi connectivity index (χ4v) is 1.99. The first-order valence-electron chi connectivity index (χ1n) is 5.98. The number of nitrogens with one attached hydrogen (secondary N) is 1. The second-order valence-corrected chi connectivity index (χ2v) is 4.63. The van der Waals surface area contributed by atoms with Gasteiger partial charge in [0.2, 0.25) is 5.82 Å². The standard InChI is InChI=1S/C11H18N4O2/c1-14-10(16)9(13-15(2)11(14)17)12-7-6-8-4-3-5-8/h8H,3-7H2,1-2H3,(H,12,13). The Kier molecular flexibility index (Phi) is 3.31. The van der Waals surface area contributed by atoms with E-state index in [9.17, 15) is 9.59 Å². The van der Waals surface area contributed by atoms with Crippen LogP contribution in [-0.4, -0.2) is 20.9 Å². The lowest BCUT2D eigenvalue weighted by atomic mass is 9.83. The molecule has 6 heteroatoms. The van der Waals surface area contributed by atoms with Crippen molar-refractivity contribution in [1.29, 1.82) is 0 Å². The molecule has 1 fully saturated rings. The molecule has 94 valence electrons. The smallest absolute Gasteiger partial charge is 0.346 e. The van der Waals surface area contributed by atoms with Gasteiger partial charge in [0, 0.05) is 20.6 Å². The molecule has 1 aromatic rings. The topological polar surface area (TPSA) is 68.9 Å². The minimum Gasteiger partial charge on any atom is -0.364 e. The molecule has 0 spiro atoms. The zero-order valence-electron chi connectivity index (χ0n) is 10.3. The quantitative estimate of drug-likeness (QED) is 0.806. The Balaban J connectivity index is 2.05. The zero-order chi connectivity index (χ0) is 12.4. The first-order chi connectivity index (χ1) is 8.09. The number of aryl methyl sites for hydroxylation is 1. The molecule has 6 nitrogen and oxygen atoms in total. The Bertz CT molecular complexity index is 513. The molecule has 0 saturated heterocycles. The van der Waals surface area contributed by atoms with E-state index in [1.807, 2.05) is 0 Å². The molecule has 1 heterocycles. The Morgan fingerprint density at radius 2 is 2.06 bits per heavy atom. The molecular formula is C11H18N4O2. The van der Waals surface area contributed by atoms with E-state index in [0.717, 1.165) is 23.5 Å². The first-order valence-corrected chi connectivity index (χ1v) is 5.98. The zero-order valence-corrected chi connectivity index (χ0v) is 10.3. The number of rotatable bonds is 4. The predicted molar refractivity (Wildman–Crippen MR) is 65.2 cm³/mol. The third-order valence-corrected chi connectivity index (χ3v) is 3.39. The fraction of sp³-hybridized carbons (Fsp3) is 0.727. The van der Waals surface area contributed by atoms with E-state index >= 15 is 0 Å². The number of anilines is 1. The van der Waals surface area contributed by atoms with E-state index in [4.69, 9.17) is 0 Å². The summed E-state index contributed by atoms with van der Waals surface area (Å²) in [5.41, 5.74) is -0.763. The lowest BCUT2D eigenvalue weighted by Crippen LogP contribution is -2.40. The summed E-state index contributed by atoms with van der Waals surface area (Å²) in [5.74, 6) is 1.05. The van der Waals surface area contributed by atoms with E-state index < -0.39 is 5.69 Å². The highest BCUT2D eigenvalue weighted by molar-refractivity contribution is 5.29. The highest BCUT2D eigenvalue weighted by atomic mass is 16.2. The van der Waals surface area contributed by atoms with Crippen molar-refractivity contribution in [1.82, 2.24) is 14.3 Å². The van der Waals surface area contributed by atoms with Crippen molar-refractivity contribution in [3.63, 3.8) is 0 Å². The van der Waals surface area contributed by atoms with Crippen LogP contribution in [0.3, 0.4) is 0 Å². The molecule has 1 aromatic heterocycles. The Labute approximate surface area is 99.3 Å². The number of hydrogen-bond acceptors (Lipinski definition) is 4. The third-order valence-electron chi connectivity index (χ3n) is 3.39. The molecule has 0 bridgehead atoms. The van der Waals surface area contributed by atoms with Gasteiger partial charge in [-0.1, -0.05) is 19.3 Å². The highest BCUT2D eigenvalue weighted by Gasteiger charge is 2.17. The van der Waals surface area contributed by atoms with Crippen LogP contribution in [0.4, 0.5) is 5.82 Å². The van der Waals surface area contributed by atoms with E-state index in [2.05, 4.69) is 10.4 Å². The summed E-state index contributed by atoms with van der Waals surface area (Å²) >= 11 is 0. The molecule has 1 aliphatic carbocycles. The van der Waals surface area contributed by atoms with Gasteiger partial charge in [0.05, 0.1) is 0 Å². The molecular weight excluding hydrogens is 220 g/mol. The van der Waals surface area contributed by atoms with Crippen molar-refractivity contribution in [2.75, 3.05) is 11.9 Å². The summed E-state index contributed by atoms with van der Waals surface area (Å²) in [5, 5.41) is 6.95. The average molecular weight is 238 g/mol. The van der Waals surface area contributed by atoms with Crippen LogP contribution >= 0.6 is 0 Å². The molecule has 2 rings (SSSR count). The Morgan fingerprint density at radius 1 is 1.35 bits per heavy atom. The van der Waals surface area contributed by atoms with E-state index in [0.29, 0.717) is 0 Å². The van der Waals surface area contributed by atoms with Gasteiger partial charge in [-0.05, 0) is 12.3 Å². The van der Waals surface area contributed by atoms with Gasteiger partial charge in [0.15, 0.2) is 0 Å². The molecule has 0 atom stereocenters. The van der Waals surface area contributed by atoms with Crippen LogP contribution in [0.15, 0.2) is 9.59 Å². The van der Waals surface area contributed by atoms with Crippen molar-refractivity contribution in [2.24, 2.45) is 20.0 Å². The van der Waals surface area contributed by atoms with E-state index in [1.165, 1.54) is 31.0 Å². The fourth-order valence-electron chi connectivity index (χ4n) is 1.99. The van der Waals surface area contributed by atoms with Crippen molar-refractivity contribution < 1.29 is 0 Å². The largest absolute Gasteiger partial charge is 0.364 e. The van der Waals surface area contributed by atoms with Gasteiger partial charge in [-0.25, -0.2) is 9.48 Å². The van der Waals surface area contributed by atoms with E-state index in [1.54, 1.807) is 7.05 Å². The van der Waals surface area contributed by atoms with Crippen LogP contribution in [0.5, 0.6) is 0 Å². The van der Waals surface area contributed by atoms with Gasteiger partial charge in [0.1, 0.15) is 0 Å². The van der Waals surface area contributed by atoms with E-state index in [-0.39, 0.29) is 11.4 Å². The second-order valence-electron chi connectivity index (χ2n) is 4.63. The van der Waals surface area contributed by atoms with Gasteiger partial charge in [-0.15, -0.1) is 5.10 Å². The molecule has 0 unspecified atom stereocenters. The summed E-state index contributed by atoms with van der Waals surface area (Å²) in [6.07, 6.45) is 4.97. The summed E-state index contributed by atoms with van der Waals surface area (Å²) in [4.78, 5) is 23.1. The molecule has 1 N–H and O–H groups in total. The third kappa shape index (κ3) is 2.40. The van der Waals surface area contributed by atoms with Crippen molar-refractivity contribution >= 4 is 5.82 Å². The van der Waals surface area contributed by atoms with Crippen LogP contribution < -0.4 is 16.6 Å². The lowest BCUT2D eigenvalue weighted by molar-refractivity contribution is 0.302. The van der Waals surface area contributed by atoms with Gasteiger partial charge >= 0.3 is 5.69 Å². The van der Waals surface area contributed by atoms with Gasteiger partial charge in [-0.2, -0.15) is 0 Å². The average Bonchev–Trinajstić information content (AvgIpc) is 2.25. The monoisotopic (exact) mass is 238 g/mol. The minimum atomic E-state index is -0.403. The summed E-state index contributed by atoms with van der Waals surface area (Å²) in [7, 11) is 3.00. The second kappa shape index (κ2) is 4.73. The SMILES string of the molecule is Cn1nc(NCCC2CCC2)c(=O)n(C)c1=O. The van der Waals surface area contributed by atoms with Crippen molar-refractivity contribution in [3.05, 3.63) is 20.8 Å². The maximum Gasteiger partial charge on any atom is 0.346 e. The van der Waals surface area contributed by atoms with Crippen LogP contribution in [-0.2, 0) is 14.1 Å². The molecule has 0 aliphatic heterocycles. The number of aromatic nitrogens is 3. The normalized spacial score (nSPS) is 15.6. The Morgan fingerprint density at radius 3 is 2.65 bits per heavy atom. The predicted octanol–water partition coefficient (Wildman–Crippen LogP) is 0.0811. The molecule has 1 aliphatic rings. The maximum absolute atomic E-state index is 11.7. The minimum absolute atomic E-state index is 0.258. The Hall–Kier alpha value is -1.59. The highest BCUT2D eigenvalue weighted by Crippen LogP contribution is 2.28. The molecule has 17 heavy (non-hydrogen) atoms. The van der Waals surface area contributed by atoms with Crippen molar-refractivity contribution in [2.45, 2.75) is 25.7 Å².